The first-order valence-corrected chi connectivity index (χ1v) is 8.44. The van der Waals surface area contributed by atoms with Crippen molar-refractivity contribution in [3.05, 3.63) is 42.1 Å². The summed E-state index contributed by atoms with van der Waals surface area (Å²) in [5.41, 5.74) is 4.60. The summed E-state index contributed by atoms with van der Waals surface area (Å²) in [5, 5.41) is 4.22. The van der Waals surface area contributed by atoms with Gasteiger partial charge in [0, 0.05) is 18.8 Å². The first kappa shape index (κ1) is 17.2. The van der Waals surface area contributed by atoms with Gasteiger partial charge in [-0.2, -0.15) is 0 Å². The number of piperidine rings is 1. The molecule has 2 aliphatic rings. The molecule has 3 rings (SSSR count). The summed E-state index contributed by atoms with van der Waals surface area (Å²) in [6.45, 7) is 7.35. The summed E-state index contributed by atoms with van der Waals surface area (Å²) in [6.07, 6.45) is 3.28. The van der Waals surface area contributed by atoms with E-state index in [1.807, 2.05) is 24.1 Å². The second-order valence-corrected chi connectivity index (χ2v) is 6.37. The van der Waals surface area contributed by atoms with Crippen LogP contribution in [-0.4, -0.2) is 35.9 Å². The molecule has 0 unspecified atom stereocenters. The number of carbonyl (C=O) groups is 3. The number of carbonyl (C=O) groups excluding carboxylic acids is 3. The Balaban J connectivity index is 1.82. The molecular weight excluding hydrogens is 320 g/mol. The average Bonchev–Trinajstić information content (AvgIpc) is 2.57. The largest absolute Gasteiger partial charge is 0.335 e. The molecule has 2 aliphatic heterocycles. The number of nitrogens with zero attached hydrogens (tertiary/aromatic N) is 2. The first-order valence-electron chi connectivity index (χ1n) is 8.44. The van der Waals surface area contributed by atoms with Gasteiger partial charge in [-0.05, 0) is 31.4 Å². The number of amides is 4. The second-order valence-electron chi connectivity index (χ2n) is 6.37. The monoisotopic (exact) mass is 342 g/mol. The molecule has 0 aromatic heterocycles. The van der Waals surface area contributed by atoms with Gasteiger partial charge in [-0.1, -0.05) is 31.2 Å². The van der Waals surface area contributed by atoms with Gasteiger partial charge in [0.25, 0.3) is 5.91 Å². The minimum absolute atomic E-state index is 0.287. The number of hydrazine groups is 1. The van der Waals surface area contributed by atoms with Crippen molar-refractivity contribution >= 4 is 23.5 Å². The van der Waals surface area contributed by atoms with E-state index in [0.29, 0.717) is 5.69 Å². The molecule has 132 valence electrons. The van der Waals surface area contributed by atoms with Gasteiger partial charge in [0.05, 0.1) is 5.69 Å². The molecule has 25 heavy (non-hydrogen) atoms. The third-order valence-electron chi connectivity index (χ3n) is 4.53. The van der Waals surface area contributed by atoms with Gasteiger partial charge < -0.3 is 5.43 Å². The molecule has 0 aliphatic carbocycles. The lowest BCUT2D eigenvalue weighted by Crippen LogP contribution is -2.60. The summed E-state index contributed by atoms with van der Waals surface area (Å²) in [5.74, 6) is -2.37. The van der Waals surface area contributed by atoms with Gasteiger partial charge in [-0.3, -0.25) is 14.9 Å². The number of anilines is 1. The number of benzene rings is 1. The maximum absolute atomic E-state index is 12.9. The van der Waals surface area contributed by atoms with Crippen molar-refractivity contribution < 1.29 is 14.4 Å². The fourth-order valence-corrected chi connectivity index (χ4v) is 3.20. The van der Waals surface area contributed by atoms with Crippen LogP contribution in [0.2, 0.25) is 0 Å². The number of hydrogen-bond donors (Lipinski definition) is 2. The number of hydrogen-bond acceptors (Lipinski definition) is 5. The van der Waals surface area contributed by atoms with Gasteiger partial charge in [0.15, 0.2) is 5.92 Å². The van der Waals surface area contributed by atoms with Crippen LogP contribution in [0.3, 0.4) is 0 Å². The Morgan fingerprint density at radius 3 is 2.52 bits per heavy atom. The quantitative estimate of drug-likeness (QED) is 0.814. The van der Waals surface area contributed by atoms with Gasteiger partial charge in [-0.25, -0.2) is 14.7 Å². The van der Waals surface area contributed by atoms with Crippen LogP contribution in [0.15, 0.2) is 36.5 Å². The second kappa shape index (κ2) is 7.06. The van der Waals surface area contributed by atoms with Crippen molar-refractivity contribution in [2.45, 2.75) is 26.2 Å². The highest BCUT2D eigenvalue weighted by Crippen LogP contribution is 2.26. The third kappa shape index (κ3) is 3.41. The summed E-state index contributed by atoms with van der Waals surface area (Å²) in [6, 6.07) is 6.33. The van der Waals surface area contributed by atoms with Gasteiger partial charge in [0.2, 0.25) is 5.91 Å². The van der Waals surface area contributed by atoms with E-state index in [9.17, 15) is 14.4 Å². The molecule has 2 heterocycles. The lowest BCUT2D eigenvalue weighted by Gasteiger charge is -2.35. The van der Waals surface area contributed by atoms with E-state index in [1.54, 1.807) is 12.1 Å². The molecule has 4 amide bonds. The van der Waals surface area contributed by atoms with Crippen LogP contribution in [0.25, 0.3) is 0 Å². The Hall–Kier alpha value is -2.67. The van der Waals surface area contributed by atoms with Crippen LogP contribution in [0, 0.1) is 12.8 Å². The van der Waals surface area contributed by atoms with E-state index in [-0.39, 0.29) is 5.70 Å². The minimum Gasteiger partial charge on any atom is -0.322 e. The van der Waals surface area contributed by atoms with Gasteiger partial charge in [-0.15, -0.1) is 0 Å². The topological polar surface area (TPSA) is 81.8 Å². The molecule has 1 aromatic carbocycles. The molecule has 2 saturated heterocycles. The molecule has 7 heteroatoms. The maximum Gasteiger partial charge on any atom is 0.335 e. The highest BCUT2D eigenvalue weighted by molar-refractivity contribution is 6.28. The van der Waals surface area contributed by atoms with Crippen LogP contribution in [0.5, 0.6) is 0 Å². The molecule has 2 N–H and O–H groups in total. The molecule has 0 spiro atoms. The third-order valence-corrected chi connectivity index (χ3v) is 4.53. The van der Waals surface area contributed by atoms with E-state index >= 15 is 0 Å². The van der Waals surface area contributed by atoms with Crippen LogP contribution >= 0.6 is 0 Å². The fourth-order valence-electron chi connectivity index (χ4n) is 3.20. The zero-order valence-electron chi connectivity index (χ0n) is 14.2. The van der Waals surface area contributed by atoms with Crippen molar-refractivity contribution in [2.75, 3.05) is 18.0 Å². The highest BCUT2D eigenvalue weighted by Gasteiger charge is 2.43. The van der Waals surface area contributed by atoms with E-state index in [0.717, 1.165) is 36.4 Å². The van der Waals surface area contributed by atoms with Crippen molar-refractivity contribution in [1.82, 2.24) is 15.8 Å². The Labute approximate surface area is 146 Å². The average molecular weight is 342 g/mol. The van der Waals surface area contributed by atoms with Crippen LogP contribution in [-0.2, 0) is 9.59 Å². The molecule has 7 nitrogen and oxygen atoms in total. The summed E-state index contributed by atoms with van der Waals surface area (Å²) in [4.78, 5) is 38.4. The lowest BCUT2D eigenvalue weighted by molar-refractivity contribution is -0.133. The zero-order chi connectivity index (χ0) is 18.0. The molecule has 1 atom stereocenters. The van der Waals surface area contributed by atoms with Crippen LogP contribution in [0.4, 0.5) is 10.5 Å². The van der Waals surface area contributed by atoms with Crippen molar-refractivity contribution in [2.24, 2.45) is 5.92 Å². The van der Waals surface area contributed by atoms with Crippen molar-refractivity contribution in [3.63, 3.8) is 0 Å². The van der Waals surface area contributed by atoms with Crippen molar-refractivity contribution in [3.8, 4) is 0 Å². The summed E-state index contributed by atoms with van der Waals surface area (Å²) < 4.78 is 0. The molecule has 2 fully saturated rings. The predicted octanol–water partition coefficient (Wildman–Crippen LogP) is 1.70. The zero-order valence-corrected chi connectivity index (χ0v) is 14.2. The SMILES string of the molecule is C=C(NN1CCCCC1)[C@H]1C(=O)NC(=O)N(c2ccccc2C)C1=O. The molecule has 0 bridgehead atoms. The maximum atomic E-state index is 12.9. The number of barbiturate groups is 1. The lowest BCUT2D eigenvalue weighted by atomic mass is 10.0. The van der Waals surface area contributed by atoms with Gasteiger partial charge in [0.1, 0.15) is 0 Å². The molecule has 1 aromatic rings. The smallest absolute Gasteiger partial charge is 0.322 e. The molecular formula is C18H22N4O3. The summed E-state index contributed by atoms with van der Waals surface area (Å²) in [7, 11) is 0. The first-order chi connectivity index (χ1) is 12.0. The highest BCUT2D eigenvalue weighted by atomic mass is 16.2. The number of urea groups is 1. The predicted molar refractivity (Wildman–Crippen MR) is 93.4 cm³/mol. The number of para-hydroxylation sites is 1. The fraction of sp³-hybridized carbons (Fsp3) is 0.389. The number of nitrogens with one attached hydrogen (secondary N) is 2. The Kier molecular flexibility index (Phi) is 4.85. The van der Waals surface area contributed by atoms with Crippen molar-refractivity contribution in [1.29, 1.82) is 0 Å². The normalized spacial score (nSPS) is 21.9. The summed E-state index contributed by atoms with van der Waals surface area (Å²) >= 11 is 0. The standard InChI is InChI=1S/C18H22N4O3/c1-12-8-4-5-9-14(12)22-17(24)15(16(23)19-18(22)25)13(2)20-21-10-6-3-7-11-21/h4-5,8-9,15,20H,2-3,6-7,10-11H2,1H3,(H,19,23,25)/t15-/m0/s1. The van der Waals surface area contributed by atoms with E-state index in [4.69, 9.17) is 0 Å². The van der Waals surface area contributed by atoms with E-state index < -0.39 is 23.8 Å². The van der Waals surface area contributed by atoms with Crippen LogP contribution < -0.4 is 15.6 Å². The van der Waals surface area contributed by atoms with E-state index in [1.165, 1.54) is 6.42 Å². The van der Waals surface area contributed by atoms with Gasteiger partial charge >= 0.3 is 6.03 Å². The number of rotatable bonds is 4. The molecule has 0 radical (unpaired) electrons. The Bertz CT molecular complexity index is 725. The Morgan fingerprint density at radius 1 is 1.16 bits per heavy atom. The van der Waals surface area contributed by atoms with E-state index in [2.05, 4.69) is 17.3 Å². The molecule has 0 saturated carbocycles. The Morgan fingerprint density at radius 2 is 1.84 bits per heavy atom. The number of imide groups is 2. The van der Waals surface area contributed by atoms with Crippen LogP contribution in [0.1, 0.15) is 24.8 Å². The number of aryl methyl sites for hydroxylation is 1. The minimum atomic E-state index is -1.14.